The van der Waals surface area contributed by atoms with Gasteiger partial charge in [-0.15, -0.1) is 0 Å². The zero-order chi connectivity index (χ0) is 16.9. The number of imidazole rings is 1. The highest BCUT2D eigenvalue weighted by atomic mass is 19.1. The van der Waals surface area contributed by atoms with E-state index in [9.17, 15) is 14.3 Å². The number of halogens is 1. The summed E-state index contributed by atoms with van der Waals surface area (Å²) in [5, 5.41) is 12.1. The first kappa shape index (κ1) is 15.7. The van der Waals surface area contributed by atoms with Gasteiger partial charge in [-0.2, -0.15) is 0 Å². The van der Waals surface area contributed by atoms with Gasteiger partial charge < -0.3 is 15.0 Å². The van der Waals surface area contributed by atoms with E-state index in [-0.39, 0.29) is 30.4 Å². The third-order valence-corrected chi connectivity index (χ3v) is 3.56. The summed E-state index contributed by atoms with van der Waals surface area (Å²) >= 11 is 0. The number of phenols is 1. The molecule has 3 aromatic rings. The molecule has 2 aromatic carbocycles. The van der Waals surface area contributed by atoms with Crippen LogP contribution >= 0.6 is 0 Å². The van der Waals surface area contributed by atoms with Gasteiger partial charge in [0, 0.05) is 18.9 Å². The van der Waals surface area contributed by atoms with Crippen molar-refractivity contribution in [2.75, 3.05) is 0 Å². The molecule has 0 spiro atoms. The highest BCUT2D eigenvalue weighted by Crippen LogP contribution is 2.15. The van der Waals surface area contributed by atoms with Crippen LogP contribution in [0.5, 0.6) is 5.75 Å². The number of rotatable bonds is 5. The molecule has 0 aliphatic rings. The minimum atomic E-state index is -0.382. The van der Waals surface area contributed by atoms with E-state index in [0.717, 1.165) is 0 Å². The molecule has 0 bridgehead atoms. The molecular formula is C18H16FN3O2. The number of nitrogens with zero attached hydrogens (tertiary/aromatic N) is 2. The highest BCUT2D eigenvalue weighted by Gasteiger charge is 2.07. The standard InChI is InChI=1S/C18H16FN3O2/c19-16-9-14(4-5-17(16)22-7-6-20-12-22)11-21-18(24)10-13-2-1-3-15(23)8-13/h1-9,12,23H,10-11H2,(H,21,24). The molecule has 0 saturated carbocycles. The first-order chi connectivity index (χ1) is 11.6. The lowest BCUT2D eigenvalue weighted by Gasteiger charge is -2.08. The Morgan fingerprint density at radius 3 is 2.79 bits per heavy atom. The van der Waals surface area contributed by atoms with Crippen molar-refractivity contribution in [3.8, 4) is 11.4 Å². The third-order valence-electron chi connectivity index (χ3n) is 3.56. The minimum Gasteiger partial charge on any atom is -0.508 e. The van der Waals surface area contributed by atoms with Crippen LogP contribution in [0.3, 0.4) is 0 Å². The van der Waals surface area contributed by atoms with Gasteiger partial charge in [-0.25, -0.2) is 9.37 Å². The number of hydrogen-bond donors (Lipinski definition) is 2. The van der Waals surface area contributed by atoms with Crippen LogP contribution in [0.2, 0.25) is 0 Å². The Bertz CT molecular complexity index is 847. The van der Waals surface area contributed by atoms with Crippen LogP contribution < -0.4 is 5.32 Å². The largest absolute Gasteiger partial charge is 0.508 e. The number of carbonyl (C=O) groups excluding carboxylic acids is 1. The van der Waals surface area contributed by atoms with Crippen LogP contribution in [-0.4, -0.2) is 20.6 Å². The minimum absolute atomic E-state index is 0.123. The average Bonchev–Trinajstić information content (AvgIpc) is 3.07. The van der Waals surface area contributed by atoms with E-state index >= 15 is 0 Å². The smallest absolute Gasteiger partial charge is 0.224 e. The zero-order valence-electron chi connectivity index (χ0n) is 12.8. The quantitative estimate of drug-likeness (QED) is 0.758. The van der Waals surface area contributed by atoms with Crippen LogP contribution in [0.4, 0.5) is 4.39 Å². The lowest BCUT2D eigenvalue weighted by Crippen LogP contribution is -2.24. The number of hydrogen-bond acceptors (Lipinski definition) is 3. The molecule has 1 aromatic heterocycles. The van der Waals surface area contributed by atoms with Gasteiger partial charge in [0.05, 0.1) is 18.4 Å². The van der Waals surface area contributed by atoms with Crippen molar-refractivity contribution in [1.29, 1.82) is 0 Å². The summed E-state index contributed by atoms with van der Waals surface area (Å²) in [6.45, 7) is 0.235. The molecule has 6 heteroatoms. The Kier molecular flexibility index (Phi) is 4.56. The van der Waals surface area contributed by atoms with Crippen LogP contribution in [0.15, 0.2) is 61.2 Å². The lowest BCUT2D eigenvalue weighted by atomic mass is 10.1. The number of phenolic OH excluding ortho intramolecular Hbond substituents is 1. The molecule has 122 valence electrons. The summed E-state index contributed by atoms with van der Waals surface area (Å²) in [6.07, 6.45) is 4.92. The summed E-state index contributed by atoms with van der Waals surface area (Å²) in [7, 11) is 0. The zero-order valence-corrected chi connectivity index (χ0v) is 12.8. The highest BCUT2D eigenvalue weighted by molar-refractivity contribution is 5.78. The second kappa shape index (κ2) is 6.95. The van der Waals surface area contributed by atoms with E-state index in [1.165, 1.54) is 12.4 Å². The molecule has 0 saturated heterocycles. The van der Waals surface area contributed by atoms with Crippen molar-refractivity contribution in [3.05, 3.63) is 78.1 Å². The molecule has 3 rings (SSSR count). The molecular weight excluding hydrogens is 309 g/mol. The summed E-state index contributed by atoms with van der Waals surface area (Å²) in [5.41, 5.74) is 1.79. The molecule has 0 atom stereocenters. The van der Waals surface area contributed by atoms with Gasteiger partial charge in [0.2, 0.25) is 5.91 Å². The Labute approximate surface area is 138 Å². The summed E-state index contributed by atoms with van der Waals surface area (Å²) in [4.78, 5) is 15.8. The van der Waals surface area contributed by atoms with Gasteiger partial charge in [0.15, 0.2) is 0 Å². The van der Waals surface area contributed by atoms with Gasteiger partial charge in [-0.1, -0.05) is 18.2 Å². The second-order valence-corrected chi connectivity index (χ2v) is 5.38. The van der Waals surface area contributed by atoms with Crippen molar-refractivity contribution in [1.82, 2.24) is 14.9 Å². The SMILES string of the molecule is O=C(Cc1cccc(O)c1)NCc1ccc(-n2ccnc2)c(F)c1. The molecule has 5 nitrogen and oxygen atoms in total. The van der Waals surface area contributed by atoms with Gasteiger partial charge in [-0.3, -0.25) is 4.79 Å². The number of amides is 1. The maximum absolute atomic E-state index is 14.1. The maximum atomic E-state index is 14.1. The van der Waals surface area contributed by atoms with Crippen LogP contribution in [0.25, 0.3) is 5.69 Å². The first-order valence-corrected chi connectivity index (χ1v) is 7.43. The average molecular weight is 325 g/mol. The van der Waals surface area contributed by atoms with E-state index in [2.05, 4.69) is 10.3 Å². The predicted octanol–water partition coefficient (Wildman–Crippen LogP) is 2.58. The monoisotopic (exact) mass is 325 g/mol. The van der Waals surface area contributed by atoms with Gasteiger partial charge in [0.1, 0.15) is 11.6 Å². The Morgan fingerprint density at radius 2 is 2.08 bits per heavy atom. The van der Waals surface area contributed by atoms with Gasteiger partial charge >= 0.3 is 0 Å². The van der Waals surface area contributed by atoms with E-state index < -0.39 is 0 Å². The number of benzene rings is 2. The molecule has 1 amide bonds. The fourth-order valence-electron chi connectivity index (χ4n) is 2.39. The number of aromatic hydroxyl groups is 1. The molecule has 2 N–H and O–H groups in total. The Morgan fingerprint density at radius 1 is 1.21 bits per heavy atom. The molecule has 0 fully saturated rings. The molecule has 0 radical (unpaired) electrons. The third kappa shape index (κ3) is 3.78. The molecule has 0 aliphatic carbocycles. The molecule has 24 heavy (non-hydrogen) atoms. The number of aromatic nitrogens is 2. The van der Waals surface area contributed by atoms with Crippen molar-refractivity contribution in [2.24, 2.45) is 0 Å². The van der Waals surface area contributed by atoms with Crippen LogP contribution in [0.1, 0.15) is 11.1 Å². The summed E-state index contributed by atoms with van der Waals surface area (Å²) < 4.78 is 15.7. The fraction of sp³-hybridized carbons (Fsp3) is 0.111. The van der Waals surface area contributed by atoms with Gasteiger partial charge in [-0.05, 0) is 35.4 Å². The van der Waals surface area contributed by atoms with Gasteiger partial charge in [0.25, 0.3) is 0 Å². The normalized spacial score (nSPS) is 10.5. The van der Waals surface area contributed by atoms with E-state index in [4.69, 9.17) is 0 Å². The van der Waals surface area contributed by atoms with E-state index in [0.29, 0.717) is 16.8 Å². The molecule has 0 unspecified atom stereocenters. The lowest BCUT2D eigenvalue weighted by molar-refractivity contribution is -0.120. The topological polar surface area (TPSA) is 67.2 Å². The number of nitrogens with one attached hydrogen (secondary N) is 1. The first-order valence-electron chi connectivity index (χ1n) is 7.43. The van der Waals surface area contributed by atoms with E-state index in [1.807, 2.05) is 0 Å². The molecule has 0 aliphatic heterocycles. The van der Waals surface area contributed by atoms with Crippen molar-refractivity contribution < 1.29 is 14.3 Å². The van der Waals surface area contributed by atoms with E-state index in [1.54, 1.807) is 53.4 Å². The fourth-order valence-corrected chi connectivity index (χ4v) is 2.39. The Balaban J connectivity index is 1.60. The summed E-state index contributed by atoms with van der Waals surface area (Å²) in [5.74, 6) is -0.454. The van der Waals surface area contributed by atoms with Crippen molar-refractivity contribution >= 4 is 5.91 Å². The second-order valence-electron chi connectivity index (χ2n) is 5.38. The van der Waals surface area contributed by atoms with Crippen molar-refractivity contribution in [3.63, 3.8) is 0 Å². The van der Waals surface area contributed by atoms with Crippen LogP contribution in [0, 0.1) is 5.82 Å². The number of carbonyl (C=O) groups is 1. The summed E-state index contributed by atoms with van der Waals surface area (Å²) in [6, 6.07) is 11.3. The van der Waals surface area contributed by atoms with Crippen molar-refractivity contribution in [2.45, 2.75) is 13.0 Å². The predicted molar refractivity (Wildman–Crippen MR) is 87.2 cm³/mol. The Hall–Kier alpha value is -3.15. The maximum Gasteiger partial charge on any atom is 0.224 e. The van der Waals surface area contributed by atoms with Crippen LogP contribution in [-0.2, 0) is 17.8 Å². The molecule has 1 heterocycles.